The minimum Gasteiger partial charge on any atom is -0.353 e. The third-order valence-corrected chi connectivity index (χ3v) is 4.02. The van der Waals surface area contributed by atoms with Crippen LogP contribution < -0.4 is 5.32 Å². The number of aromatic nitrogens is 3. The molecule has 5 nitrogen and oxygen atoms in total. The van der Waals surface area contributed by atoms with Crippen LogP contribution in [0, 0.1) is 5.92 Å². The molecular weight excluding hydrogens is 216 g/mol. The molecule has 0 aromatic carbocycles. The molecule has 1 unspecified atom stereocenters. The van der Waals surface area contributed by atoms with Crippen LogP contribution in [0.2, 0.25) is 0 Å². The molecule has 0 bridgehead atoms. The van der Waals surface area contributed by atoms with Gasteiger partial charge in [0.1, 0.15) is 0 Å². The van der Waals surface area contributed by atoms with Gasteiger partial charge in [-0.2, -0.15) is 0 Å². The van der Waals surface area contributed by atoms with E-state index in [1.807, 2.05) is 7.05 Å². The van der Waals surface area contributed by atoms with Crippen LogP contribution >= 0.6 is 0 Å². The Balaban J connectivity index is 1.66. The highest BCUT2D eigenvalue weighted by molar-refractivity contribution is 5.79. The summed E-state index contributed by atoms with van der Waals surface area (Å²) in [7, 11) is 1.90. The maximum atomic E-state index is 12.1. The standard InChI is InChI=1S/C12H18N4O/c1-16-11-7-8(5-6-10(11)14-15-16)12(17)13-9-3-2-4-9/h8-9H,2-7H2,1H3,(H,13,17). The van der Waals surface area contributed by atoms with Gasteiger partial charge in [-0.1, -0.05) is 5.21 Å². The van der Waals surface area contributed by atoms with E-state index in [4.69, 9.17) is 0 Å². The Bertz CT molecular complexity index is 436. The second-order valence-corrected chi connectivity index (χ2v) is 5.18. The molecule has 1 heterocycles. The molecule has 1 saturated carbocycles. The summed E-state index contributed by atoms with van der Waals surface area (Å²) in [4.78, 5) is 12.1. The molecular formula is C12H18N4O. The first-order valence-electron chi connectivity index (χ1n) is 6.42. The second-order valence-electron chi connectivity index (χ2n) is 5.18. The van der Waals surface area contributed by atoms with Gasteiger partial charge in [0.05, 0.1) is 11.4 Å². The van der Waals surface area contributed by atoms with Crippen molar-refractivity contribution in [2.45, 2.75) is 44.6 Å². The van der Waals surface area contributed by atoms with Gasteiger partial charge in [-0.05, 0) is 32.1 Å². The molecule has 1 amide bonds. The SMILES string of the molecule is Cn1nnc2c1CC(C(=O)NC1CCC1)CC2. The Morgan fingerprint density at radius 2 is 2.24 bits per heavy atom. The van der Waals surface area contributed by atoms with Gasteiger partial charge in [0.25, 0.3) is 0 Å². The summed E-state index contributed by atoms with van der Waals surface area (Å²) in [6, 6.07) is 0.438. The number of nitrogens with zero attached hydrogens (tertiary/aromatic N) is 3. The fourth-order valence-corrected chi connectivity index (χ4v) is 2.61. The molecule has 0 radical (unpaired) electrons. The van der Waals surface area contributed by atoms with Crippen molar-refractivity contribution in [2.75, 3.05) is 0 Å². The highest BCUT2D eigenvalue weighted by Gasteiger charge is 2.30. The summed E-state index contributed by atoms with van der Waals surface area (Å²) in [6.07, 6.45) is 6.13. The van der Waals surface area contributed by atoms with Crippen LogP contribution in [0.3, 0.4) is 0 Å². The van der Waals surface area contributed by atoms with Crippen LogP contribution in [0.15, 0.2) is 0 Å². The number of carbonyl (C=O) groups is 1. The molecule has 1 aromatic heterocycles. The van der Waals surface area contributed by atoms with Crippen LogP contribution in [0.5, 0.6) is 0 Å². The fraction of sp³-hybridized carbons (Fsp3) is 0.750. The molecule has 0 spiro atoms. The quantitative estimate of drug-likeness (QED) is 0.814. The van der Waals surface area contributed by atoms with Gasteiger partial charge in [0, 0.05) is 25.4 Å². The zero-order valence-corrected chi connectivity index (χ0v) is 10.1. The van der Waals surface area contributed by atoms with Crippen molar-refractivity contribution in [2.24, 2.45) is 13.0 Å². The normalized spacial score (nSPS) is 23.9. The predicted octanol–water partition coefficient (Wildman–Crippen LogP) is 0.589. The first-order chi connectivity index (χ1) is 8.24. The van der Waals surface area contributed by atoms with Gasteiger partial charge >= 0.3 is 0 Å². The van der Waals surface area contributed by atoms with Gasteiger partial charge < -0.3 is 5.32 Å². The second kappa shape index (κ2) is 4.13. The van der Waals surface area contributed by atoms with Gasteiger partial charge in [0.15, 0.2) is 0 Å². The zero-order chi connectivity index (χ0) is 11.8. The molecule has 1 fully saturated rings. The van der Waals surface area contributed by atoms with Crippen molar-refractivity contribution in [3.63, 3.8) is 0 Å². The molecule has 0 saturated heterocycles. The lowest BCUT2D eigenvalue weighted by Crippen LogP contribution is -2.44. The van der Waals surface area contributed by atoms with Crippen molar-refractivity contribution in [1.29, 1.82) is 0 Å². The van der Waals surface area contributed by atoms with E-state index in [2.05, 4.69) is 15.6 Å². The summed E-state index contributed by atoms with van der Waals surface area (Å²) in [5, 5.41) is 11.3. The molecule has 2 aliphatic rings. The molecule has 5 heteroatoms. The highest BCUT2D eigenvalue weighted by atomic mass is 16.1. The summed E-state index contributed by atoms with van der Waals surface area (Å²) in [5.41, 5.74) is 2.20. The number of hydrogen-bond donors (Lipinski definition) is 1. The first-order valence-corrected chi connectivity index (χ1v) is 6.42. The van der Waals surface area contributed by atoms with Crippen molar-refractivity contribution in [3.8, 4) is 0 Å². The number of hydrogen-bond acceptors (Lipinski definition) is 3. The lowest BCUT2D eigenvalue weighted by atomic mass is 9.87. The Morgan fingerprint density at radius 3 is 2.94 bits per heavy atom. The monoisotopic (exact) mass is 234 g/mol. The van der Waals surface area contributed by atoms with Crippen molar-refractivity contribution in [1.82, 2.24) is 20.3 Å². The number of carbonyl (C=O) groups excluding carboxylic acids is 1. The lowest BCUT2D eigenvalue weighted by Gasteiger charge is -2.29. The first kappa shape index (κ1) is 10.7. The Labute approximate surface area is 101 Å². The largest absolute Gasteiger partial charge is 0.353 e. The minimum atomic E-state index is 0.111. The third-order valence-electron chi connectivity index (χ3n) is 4.02. The maximum absolute atomic E-state index is 12.1. The minimum absolute atomic E-state index is 0.111. The van der Waals surface area contributed by atoms with E-state index in [0.29, 0.717) is 6.04 Å². The number of rotatable bonds is 2. The summed E-state index contributed by atoms with van der Waals surface area (Å²) in [6.45, 7) is 0. The average molecular weight is 234 g/mol. The van der Waals surface area contributed by atoms with Crippen molar-refractivity contribution in [3.05, 3.63) is 11.4 Å². The Morgan fingerprint density at radius 1 is 1.41 bits per heavy atom. The topological polar surface area (TPSA) is 59.8 Å². The van der Waals surface area contributed by atoms with E-state index in [9.17, 15) is 4.79 Å². The average Bonchev–Trinajstić information content (AvgIpc) is 2.65. The van der Waals surface area contributed by atoms with E-state index >= 15 is 0 Å². The van der Waals surface area contributed by atoms with E-state index in [0.717, 1.165) is 43.5 Å². The number of aryl methyl sites for hydroxylation is 2. The Hall–Kier alpha value is -1.39. The summed E-state index contributed by atoms with van der Waals surface area (Å²) >= 11 is 0. The van der Waals surface area contributed by atoms with E-state index < -0.39 is 0 Å². The molecule has 1 N–H and O–H groups in total. The predicted molar refractivity (Wildman–Crippen MR) is 62.3 cm³/mol. The van der Waals surface area contributed by atoms with Crippen LogP contribution in [0.1, 0.15) is 37.1 Å². The maximum Gasteiger partial charge on any atom is 0.223 e. The number of amides is 1. The summed E-state index contributed by atoms with van der Waals surface area (Å²) in [5.74, 6) is 0.335. The van der Waals surface area contributed by atoms with Gasteiger partial charge in [0.2, 0.25) is 5.91 Å². The molecule has 1 aromatic rings. The summed E-state index contributed by atoms with van der Waals surface area (Å²) < 4.78 is 1.80. The van der Waals surface area contributed by atoms with Crippen LogP contribution in [0.4, 0.5) is 0 Å². The molecule has 17 heavy (non-hydrogen) atoms. The number of nitrogens with one attached hydrogen (secondary N) is 1. The molecule has 2 aliphatic carbocycles. The van der Waals surface area contributed by atoms with E-state index in [1.165, 1.54) is 6.42 Å². The van der Waals surface area contributed by atoms with Gasteiger partial charge in [-0.15, -0.1) is 5.10 Å². The van der Waals surface area contributed by atoms with Crippen molar-refractivity contribution >= 4 is 5.91 Å². The number of fused-ring (bicyclic) bond motifs is 1. The lowest BCUT2D eigenvalue weighted by molar-refractivity contribution is -0.126. The van der Waals surface area contributed by atoms with Gasteiger partial charge in [-0.25, -0.2) is 0 Å². The Kier molecular flexibility index (Phi) is 2.61. The van der Waals surface area contributed by atoms with Crippen molar-refractivity contribution < 1.29 is 4.79 Å². The van der Waals surface area contributed by atoms with Crippen LogP contribution in [0.25, 0.3) is 0 Å². The molecule has 1 atom stereocenters. The smallest absolute Gasteiger partial charge is 0.223 e. The van der Waals surface area contributed by atoms with Crippen LogP contribution in [-0.2, 0) is 24.7 Å². The van der Waals surface area contributed by atoms with Crippen LogP contribution in [-0.4, -0.2) is 26.9 Å². The zero-order valence-electron chi connectivity index (χ0n) is 10.1. The molecule has 3 rings (SSSR count). The third kappa shape index (κ3) is 1.94. The molecule has 92 valence electrons. The van der Waals surface area contributed by atoms with E-state index in [-0.39, 0.29) is 11.8 Å². The molecule has 0 aliphatic heterocycles. The fourth-order valence-electron chi connectivity index (χ4n) is 2.61. The highest BCUT2D eigenvalue weighted by Crippen LogP contribution is 2.25. The van der Waals surface area contributed by atoms with E-state index in [1.54, 1.807) is 4.68 Å². The van der Waals surface area contributed by atoms with Gasteiger partial charge in [-0.3, -0.25) is 9.48 Å².